The second kappa shape index (κ2) is 7.85. The number of anilines is 2. The van der Waals surface area contributed by atoms with Gasteiger partial charge in [0.1, 0.15) is 13.2 Å². The van der Waals surface area contributed by atoms with Crippen LogP contribution >= 0.6 is 0 Å². The minimum Gasteiger partial charge on any atom is -0.486 e. The summed E-state index contributed by atoms with van der Waals surface area (Å²) in [6, 6.07) is 9.59. The molecule has 3 aliphatic heterocycles. The van der Waals surface area contributed by atoms with Crippen LogP contribution in [-0.2, 0) is 9.59 Å². The molecule has 1 N–H and O–H groups in total. The van der Waals surface area contributed by atoms with E-state index in [9.17, 15) is 9.59 Å². The van der Waals surface area contributed by atoms with Gasteiger partial charge in [-0.15, -0.1) is 0 Å². The topological polar surface area (TPSA) is 76.5 Å². The Kier molecular flexibility index (Phi) is 4.90. The number of piperazine rings is 1. The number of nitrogens with zero attached hydrogens (tertiary/aromatic N) is 3. The lowest BCUT2D eigenvalue weighted by Crippen LogP contribution is -2.50. The zero-order valence-electron chi connectivity index (χ0n) is 16.8. The molecule has 0 bridgehead atoms. The van der Waals surface area contributed by atoms with Crippen LogP contribution in [0.1, 0.15) is 6.42 Å². The number of hydrogen-bond donors (Lipinski definition) is 0. The third-order valence-corrected chi connectivity index (χ3v) is 5.97. The van der Waals surface area contributed by atoms with Crippen molar-refractivity contribution in [1.29, 1.82) is 0 Å². The summed E-state index contributed by atoms with van der Waals surface area (Å²) in [6.07, 6.45) is 4.06. The second-order valence-corrected chi connectivity index (χ2v) is 7.80. The zero-order valence-corrected chi connectivity index (χ0v) is 16.8. The van der Waals surface area contributed by atoms with Crippen LogP contribution in [0.5, 0.6) is 11.5 Å². The van der Waals surface area contributed by atoms with E-state index >= 15 is 0 Å². The minimum atomic E-state index is -0.302. The van der Waals surface area contributed by atoms with Crippen molar-refractivity contribution in [3.8, 4) is 11.5 Å². The molecule has 3 aliphatic rings. The standard InChI is InChI=1S/C22H24N4O4/c27-21-13-16(15-26(21)18-1-2-19-20(14-18)30-12-11-29-19)22(28)25-9-7-24(8-10-25)17-3-5-23-6-4-17/h1-6,14,16H,7-13,15H2/p+1/t16-/m0/s1. The van der Waals surface area contributed by atoms with Crippen LogP contribution in [0, 0.1) is 5.92 Å². The van der Waals surface area contributed by atoms with E-state index in [2.05, 4.69) is 9.88 Å². The molecule has 2 aromatic rings. The number of H-pyrrole nitrogens is 1. The third-order valence-electron chi connectivity index (χ3n) is 5.97. The Bertz CT molecular complexity index is 943. The largest absolute Gasteiger partial charge is 0.486 e. The number of fused-ring (bicyclic) bond motifs is 1. The lowest BCUT2D eigenvalue weighted by molar-refractivity contribution is -0.377. The van der Waals surface area contributed by atoms with Gasteiger partial charge in [-0.1, -0.05) is 0 Å². The highest BCUT2D eigenvalue weighted by Gasteiger charge is 2.38. The van der Waals surface area contributed by atoms with Crippen LogP contribution in [0.2, 0.25) is 0 Å². The van der Waals surface area contributed by atoms with E-state index in [4.69, 9.17) is 9.47 Å². The van der Waals surface area contributed by atoms with Crippen molar-refractivity contribution in [3.63, 3.8) is 0 Å². The number of carbonyl (C=O) groups excluding carboxylic acids is 2. The molecule has 4 heterocycles. The predicted molar refractivity (Wildman–Crippen MR) is 110 cm³/mol. The van der Waals surface area contributed by atoms with Gasteiger partial charge in [0, 0.05) is 68.7 Å². The number of aromatic nitrogens is 1. The van der Waals surface area contributed by atoms with E-state index in [0.717, 1.165) is 24.5 Å². The van der Waals surface area contributed by atoms with Crippen molar-refractivity contribution in [2.45, 2.75) is 6.42 Å². The fourth-order valence-corrected chi connectivity index (χ4v) is 4.35. The summed E-state index contributed by atoms with van der Waals surface area (Å²) in [5.41, 5.74) is 1.91. The smallest absolute Gasteiger partial charge is 0.228 e. The average Bonchev–Trinajstić information content (AvgIpc) is 3.20. The maximum atomic E-state index is 13.1. The number of pyridine rings is 1. The lowest BCUT2D eigenvalue weighted by Gasteiger charge is -2.36. The van der Waals surface area contributed by atoms with Crippen LogP contribution in [0.25, 0.3) is 0 Å². The molecule has 0 saturated carbocycles. The molecule has 8 heteroatoms. The predicted octanol–water partition coefficient (Wildman–Crippen LogP) is 0.974. The summed E-state index contributed by atoms with van der Waals surface area (Å²) in [5, 5.41) is 0. The Morgan fingerprint density at radius 1 is 0.933 bits per heavy atom. The number of rotatable bonds is 3. The molecule has 5 rings (SSSR count). The van der Waals surface area contributed by atoms with Crippen LogP contribution in [0.4, 0.5) is 11.4 Å². The van der Waals surface area contributed by atoms with Gasteiger partial charge in [0.05, 0.1) is 5.92 Å². The molecule has 2 amide bonds. The van der Waals surface area contributed by atoms with Crippen LogP contribution in [0.15, 0.2) is 42.7 Å². The molecule has 156 valence electrons. The molecule has 30 heavy (non-hydrogen) atoms. The molecule has 1 atom stereocenters. The lowest BCUT2D eigenvalue weighted by atomic mass is 10.1. The maximum Gasteiger partial charge on any atom is 0.228 e. The van der Waals surface area contributed by atoms with E-state index in [1.54, 1.807) is 4.90 Å². The number of ether oxygens (including phenoxy) is 2. The number of benzene rings is 1. The molecule has 1 aromatic carbocycles. The highest BCUT2D eigenvalue weighted by molar-refractivity contribution is 6.00. The van der Waals surface area contributed by atoms with Crippen LogP contribution in [0.3, 0.4) is 0 Å². The zero-order chi connectivity index (χ0) is 20.5. The van der Waals surface area contributed by atoms with E-state index in [1.165, 1.54) is 0 Å². The maximum absolute atomic E-state index is 13.1. The van der Waals surface area contributed by atoms with Gasteiger partial charge in [-0.2, -0.15) is 0 Å². The van der Waals surface area contributed by atoms with Crippen LogP contribution < -0.4 is 24.3 Å². The van der Waals surface area contributed by atoms with E-state index in [1.807, 2.05) is 47.6 Å². The molecule has 0 aliphatic carbocycles. The normalized spacial score (nSPS) is 21.1. The minimum absolute atomic E-state index is 0.0239. The van der Waals surface area contributed by atoms with E-state index in [-0.39, 0.29) is 24.2 Å². The molecule has 0 spiro atoms. The first kappa shape index (κ1) is 18.7. The third kappa shape index (κ3) is 3.53. The summed E-state index contributed by atoms with van der Waals surface area (Å²) in [5.74, 6) is 1.09. The van der Waals surface area contributed by atoms with Gasteiger partial charge in [0.2, 0.25) is 11.8 Å². The van der Waals surface area contributed by atoms with Crippen molar-refractivity contribution < 1.29 is 24.0 Å². The first-order valence-electron chi connectivity index (χ1n) is 10.4. The van der Waals surface area contributed by atoms with E-state index in [0.29, 0.717) is 44.3 Å². The van der Waals surface area contributed by atoms with Gasteiger partial charge < -0.3 is 24.2 Å². The monoisotopic (exact) mass is 409 g/mol. The number of nitrogens with one attached hydrogen (secondary N) is 1. The van der Waals surface area contributed by atoms with Crippen molar-refractivity contribution >= 4 is 23.2 Å². The van der Waals surface area contributed by atoms with Gasteiger partial charge in [-0.05, 0) is 12.1 Å². The average molecular weight is 409 g/mol. The number of carbonyl (C=O) groups is 2. The highest BCUT2D eigenvalue weighted by Crippen LogP contribution is 2.36. The van der Waals surface area contributed by atoms with Gasteiger partial charge in [-0.3, -0.25) is 9.59 Å². The SMILES string of the molecule is O=C([C@H]1CC(=O)N(c2ccc3c(c2)OCCO3)C1)N1CCN(c2cc[nH+]cc2)CC1. The number of hydrogen-bond acceptors (Lipinski definition) is 5. The summed E-state index contributed by atoms with van der Waals surface area (Å²) < 4.78 is 11.2. The molecule has 2 saturated heterocycles. The van der Waals surface area contributed by atoms with Crippen LogP contribution in [-0.4, -0.2) is 62.7 Å². The second-order valence-electron chi connectivity index (χ2n) is 7.80. The first-order chi connectivity index (χ1) is 14.7. The van der Waals surface area contributed by atoms with Crippen molar-refractivity contribution in [2.24, 2.45) is 5.92 Å². The summed E-state index contributed by atoms with van der Waals surface area (Å²) in [4.78, 5) is 34.6. The molecule has 1 aromatic heterocycles. The molecule has 0 unspecified atom stereocenters. The fraction of sp³-hybridized carbons (Fsp3) is 0.409. The van der Waals surface area contributed by atoms with Gasteiger partial charge in [-0.25, -0.2) is 4.98 Å². The highest BCUT2D eigenvalue weighted by atomic mass is 16.6. The Labute approximate surface area is 175 Å². The molecule has 8 nitrogen and oxygen atoms in total. The first-order valence-corrected chi connectivity index (χ1v) is 10.4. The van der Waals surface area contributed by atoms with Gasteiger partial charge in [0.15, 0.2) is 23.9 Å². The summed E-state index contributed by atoms with van der Waals surface area (Å²) in [6.45, 7) is 4.37. The van der Waals surface area contributed by atoms with Gasteiger partial charge >= 0.3 is 0 Å². The molecular formula is C22H25N4O4+. The van der Waals surface area contributed by atoms with Crippen molar-refractivity contribution in [1.82, 2.24) is 4.90 Å². The van der Waals surface area contributed by atoms with E-state index < -0.39 is 0 Å². The Morgan fingerprint density at radius 3 is 2.43 bits per heavy atom. The Morgan fingerprint density at radius 2 is 1.67 bits per heavy atom. The Balaban J connectivity index is 1.22. The number of amides is 2. The van der Waals surface area contributed by atoms with Gasteiger partial charge in [0.25, 0.3) is 0 Å². The fourth-order valence-electron chi connectivity index (χ4n) is 4.35. The quantitative estimate of drug-likeness (QED) is 0.755. The number of aromatic amines is 1. The Hall–Kier alpha value is -3.29. The molecule has 0 radical (unpaired) electrons. The molecular weight excluding hydrogens is 384 g/mol. The van der Waals surface area contributed by atoms with Crippen molar-refractivity contribution in [3.05, 3.63) is 42.7 Å². The molecule has 2 fully saturated rings. The van der Waals surface area contributed by atoms with Crippen molar-refractivity contribution in [2.75, 3.05) is 55.7 Å². The summed E-state index contributed by atoms with van der Waals surface area (Å²) >= 11 is 0. The summed E-state index contributed by atoms with van der Waals surface area (Å²) in [7, 11) is 0.